The third kappa shape index (κ3) is 6.08. The van der Waals surface area contributed by atoms with Gasteiger partial charge < -0.3 is 19.9 Å². The Morgan fingerprint density at radius 2 is 1.55 bits per heavy atom. The third-order valence-corrected chi connectivity index (χ3v) is 4.96. The second-order valence-corrected chi connectivity index (χ2v) is 7.09. The summed E-state index contributed by atoms with van der Waals surface area (Å²) >= 11 is 0. The van der Waals surface area contributed by atoms with Crippen molar-refractivity contribution in [1.82, 2.24) is 5.32 Å². The van der Waals surface area contributed by atoms with E-state index in [0.717, 1.165) is 23.3 Å². The lowest BCUT2D eigenvalue weighted by Crippen LogP contribution is -2.31. The molecule has 3 rings (SSSR count). The van der Waals surface area contributed by atoms with E-state index in [2.05, 4.69) is 17.4 Å². The molecule has 0 bridgehead atoms. The van der Waals surface area contributed by atoms with Crippen LogP contribution in [0.25, 0.3) is 0 Å². The topological polar surface area (TPSA) is 50.7 Å². The Bertz CT molecular complexity index is 868. The summed E-state index contributed by atoms with van der Waals surface area (Å²) in [7, 11) is 1.65. The predicted molar refractivity (Wildman–Crippen MR) is 116 cm³/mol. The molecule has 0 heterocycles. The highest BCUT2D eigenvalue weighted by Gasteiger charge is 2.16. The summed E-state index contributed by atoms with van der Waals surface area (Å²) in [5.41, 5.74) is 3.23. The molecule has 0 aromatic heterocycles. The van der Waals surface area contributed by atoms with Gasteiger partial charge in [0.25, 0.3) is 0 Å². The Hall–Kier alpha value is -2.82. The van der Waals surface area contributed by atoms with Crippen molar-refractivity contribution in [2.75, 3.05) is 13.7 Å². The predicted octanol–water partition coefficient (Wildman–Crippen LogP) is 4.53. The van der Waals surface area contributed by atoms with E-state index in [1.807, 2.05) is 73.7 Å². The van der Waals surface area contributed by atoms with Crippen molar-refractivity contribution in [1.29, 1.82) is 0 Å². The van der Waals surface area contributed by atoms with E-state index in [1.54, 1.807) is 7.11 Å². The second kappa shape index (κ2) is 10.6. The number of hydrogen-bond acceptors (Lipinski definition) is 4. The Morgan fingerprint density at radius 3 is 2.24 bits per heavy atom. The Labute approximate surface area is 173 Å². The molecule has 0 saturated carbocycles. The van der Waals surface area contributed by atoms with Crippen LogP contribution in [0.3, 0.4) is 0 Å². The number of ether oxygens (including phenoxy) is 2. The van der Waals surface area contributed by atoms with E-state index >= 15 is 0 Å². The molecule has 0 aliphatic rings. The van der Waals surface area contributed by atoms with Crippen molar-refractivity contribution in [3.8, 4) is 11.5 Å². The van der Waals surface area contributed by atoms with Crippen LogP contribution >= 0.6 is 0 Å². The quantitative estimate of drug-likeness (QED) is 0.533. The Balaban J connectivity index is 1.54. The molecule has 2 atom stereocenters. The molecule has 2 N–H and O–H groups in total. The maximum atomic E-state index is 10.5. The number of methoxy groups -OCH3 is 1. The maximum Gasteiger partial charge on any atom is 0.161 e. The average molecular weight is 392 g/mol. The lowest BCUT2D eigenvalue weighted by Gasteiger charge is -2.21. The molecular formula is C25H29NO3. The smallest absolute Gasteiger partial charge is 0.161 e. The minimum absolute atomic E-state index is 0.0785. The van der Waals surface area contributed by atoms with Gasteiger partial charge in [-0.3, -0.25) is 0 Å². The first kappa shape index (κ1) is 20.9. The van der Waals surface area contributed by atoms with Gasteiger partial charge in [0, 0.05) is 19.0 Å². The molecule has 3 aromatic carbocycles. The van der Waals surface area contributed by atoms with E-state index in [-0.39, 0.29) is 6.04 Å². The van der Waals surface area contributed by atoms with Crippen LogP contribution in [0.5, 0.6) is 11.5 Å². The van der Waals surface area contributed by atoms with Crippen LogP contribution in [0.2, 0.25) is 0 Å². The molecule has 0 spiro atoms. The van der Waals surface area contributed by atoms with Crippen LogP contribution in [0.4, 0.5) is 0 Å². The standard InChI is InChI=1S/C25H29NO3/c1-19(25(27)22-11-7-4-8-12-22)26-18-21-13-14-23(24(17-21)28-2)29-16-15-20-9-5-3-6-10-20/h3-14,17,19,25-27H,15-16,18H2,1-2H3/t19-,25-/m0/s1. The lowest BCUT2D eigenvalue weighted by atomic mass is 10.0. The van der Waals surface area contributed by atoms with Gasteiger partial charge >= 0.3 is 0 Å². The molecule has 4 heteroatoms. The summed E-state index contributed by atoms with van der Waals surface area (Å²) < 4.78 is 11.4. The van der Waals surface area contributed by atoms with Gasteiger partial charge in [0.15, 0.2) is 11.5 Å². The van der Waals surface area contributed by atoms with Gasteiger partial charge in [0.2, 0.25) is 0 Å². The fourth-order valence-electron chi connectivity index (χ4n) is 3.19. The first-order valence-electron chi connectivity index (χ1n) is 9.97. The van der Waals surface area contributed by atoms with Crippen LogP contribution in [0, 0.1) is 0 Å². The van der Waals surface area contributed by atoms with E-state index in [0.29, 0.717) is 18.9 Å². The summed E-state index contributed by atoms with van der Waals surface area (Å²) in [6, 6.07) is 25.8. The van der Waals surface area contributed by atoms with Crippen molar-refractivity contribution in [3.05, 3.63) is 95.6 Å². The van der Waals surface area contributed by atoms with E-state index in [1.165, 1.54) is 5.56 Å². The van der Waals surface area contributed by atoms with Crippen LogP contribution in [0.15, 0.2) is 78.9 Å². The van der Waals surface area contributed by atoms with E-state index in [9.17, 15) is 5.11 Å². The minimum Gasteiger partial charge on any atom is -0.493 e. The molecule has 0 unspecified atom stereocenters. The molecule has 0 radical (unpaired) electrons. The molecular weight excluding hydrogens is 362 g/mol. The highest BCUT2D eigenvalue weighted by molar-refractivity contribution is 5.43. The van der Waals surface area contributed by atoms with E-state index in [4.69, 9.17) is 9.47 Å². The third-order valence-electron chi connectivity index (χ3n) is 4.96. The highest BCUT2D eigenvalue weighted by atomic mass is 16.5. The molecule has 29 heavy (non-hydrogen) atoms. The largest absolute Gasteiger partial charge is 0.493 e. The summed E-state index contributed by atoms with van der Waals surface area (Å²) in [6.07, 6.45) is 0.293. The zero-order valence-electron chi connectivity index (χ0n) is 17.0. The van der Waals surface area contributed by atoms with Crippen molar-refractivity contribution in [3.63, 3.8) is 0 Å². The summed E-state index contributed by atoms with van der Waals surface area (Å²) in [5, 5.41) is 13.9. The van der Waals surface area contributed by atoms with Gasteiger partial charge in [0.05, 0.1) is 19.8 Å². The fraction of sp³-hybridized carbons (Fsp3) is 0.280. The van der Waals surface area contributed by atoms with Crippen molar-refractivity contribution >= 4 is 0 Å². The minimum atomic E-state index is -0.557. The van der Waals surface area contributed by atoms with Gasteiger partial charge in [-0.05, 0) is 35.7 Å². The molecule has 0 fully saturated rings. The van der Waals surface area contributed by atoms with Crippen molar-refractivity contribution in [2.45, 2.75) is 32.0 Å². The first-order valence-corrected chi connectivity index (χ1v) is 9.97. The van der Waals surface area contributed by atoms with Crippen LogP contribution in [-0.2, 0) is 13.0 Å². The molecule has 0 aliphatic heterocycles. The zero-order chi connectivity index (χ0) is 20.5. The SMILES string of the molecule is COc1cc(CN[C@@H](C)[C@H](O)c2ccccc2)ccc1OCCc1ccccc1. The Kier molecular flexibility index (Phi) is 7.68. The summed E-state index contributed by atoms with van der Waals surface area (Å²) in [4.78, 5) is 0. The van der Waals surface area contributed by atoms with Gasteiger partial charge in [-0.25, -0.2) is 0 Å². The second-order valence-electron chi connectivity index (χ2n) is 7.09. The molecule has 152 valence electrons. The van der Waals surface area contributed by atoms with Gasteiger partial charge in [-0.1, -0.05) is 66.7 Å². The molecule has 3 aromatic rings. The van der Waals surface area contributed by atoms with Crippen LogP contribution in [-0.4, -0.2) is 24.9 Å². The summed E-state index contributed by atoms with van der Waals surface area (Å²) in [6.45, 7) is 3.21. The fourth-order valence-corrected chi connectivity index (χ4v) is 3.19. The molecule has 0 saturated heterocycles. The zero-order valence-corrected chi connectivity index (χ0v) is 17.0. The van der Waals surface area contributed by atoms with Crippen LogP contribution in [0.1, 0.15) is 29.7 Å². The van der Waals surface area contributed by atoms with Gasteiger partial charge in [-0.2, -0.15) is 0 Å². The maximum absolute atomic E-state index is 10.5. The number of aliphatic hydroxyl groups excluding tert-OH is 1. The number of nitrogens with one attached hydrogen (secondary N) is 1. The summed E-state index contributed by atoms with van der Waals surface area (Å²) in [5.74, 6) is 1.46. The van der Waals surface area contributed by atoms with Crippen LogP contribution < -0.4 is 14.8 Å². The first-order chi connectivity index (χ1) is 14.2. The number of hydrogen-bond donors (Lipinski definition) is 2. The average Bonchev–Trinajstić information content (AvgIpc) is 2.78. The van der Waals surface area contributed by atoms with E-state index < -0.39 is 6.10 Å². The molecule has 0 aliphatic carbocycles. The number of aliphatic hydroxyl groups is 1. The monoisotopic (exact) mass is 391 g/mol. The molecule has 0 amide bonds. The van der Waals surface area contributed by atoms with Crippen molar-refractivity contribution < 1.29 is 14.6 Å². The van der Waals surface area contributed by atoms with Gasteiger partial charge in [-0.15, -0.1) is 0 Å². The molecule has 4 nitrogen and oxygen atoms in total. The lowest BCUT2D eigenvalue weighted by molar-refractivity contribution is 0.135. The van der Waals surface area contributed by atoms with Gasteiger partial charge in [0.1, 0.15) is 0 Å². The number of benzene rings is 3. The normalized spacial score (nSPS) is 12.9. The Morgan fingerprint density at radius 1 is 0.862 bits per heavy atom. The van der Waals surface area contributed by atoms with Crippen molar-refractivity contribution in [2.24, 2.45) is 0 Å². The highest BCUT2D eigenvalue weighted by Crippen LogP contribution is 2.28. The number of rotatable bonds is 10.